The number of nitrogens with zero attached hydrogens (tertiary/aromatic N) is 1. The number of hydrogen-bond acceptors (Lipinski definition) is 3. The van der Waals surface area contributed by atoms with Gasteiger partial charge in [0, 0.05) is 12.6 Å². The van der Waals surface area contributed by atoms with Crippen LogP contribution in [0, 0.1) is 17.4 Å². The normalized spacial score (nSPS) is 11.0. The highest BCUT2D eigenvalue weighted by molar-refractivity contribution is 14.1. The molecule has 0 unspecified atom stereocenters. The number of benzene rings is 1. The monoisotopic (exact) mass is 398 g/mol. The molecular weight excluding hydrogens is 379 g/mol. The van der Waals surface area contributed by atoms with Crippen LogP contribution in [0.4, 0.5) is 0 Å². The topological polar surface area (TPSA) is 55.1 Å². The largest absolute Gasteiger partial charge is 0.352 e. The Labute approximate surface area is 138 Å². The molecule has 0 saturated carbocycles. The first-order chi connectivity index (χ1) is 9.86. The van der Waals surface area contributed by atoms with Crippen molar-refractivity contribution in [3.05, 3.63) is 38.2 Å². The molecule has 0 saturated heterocycles. The van der Waals surface area contributed by atoms with E-state index in [1.807, 2.05) is 0 Å². The van der Waals surface area contributed by atoms with Crippen LogP contribution in [0.15, 0.2) is 16.7 Å². The van der Waals surface area contributed by atoms with Gasteiger partial charge in [0.2, 0.25) is 5.76 Å². The number of amides is 1. The van der Waals surface area contributed by atoms with Crippen molar-refractivity contribution >= 4 is 28.5 Å². The number of hydrogen-bond donors (Lipinski definition) is 1. The summed E-state index contributed by atoms with van der Waals surface area (Å²) >= 11 is 2.12. The van der Waals surface area contributed by atoms with Crippen molar-refractivity contribution in [3.8, 4) is 11.3 Å². The van der Waals surface area contributed by atoms with Crippen LogP contribution < -0.4 is 5.32 Å². The smallest absolute Gasteiger partial charge is 0.290 e. The molecule has 0 bridgehead atoms. The van der Waals surface area contributed by atoms with Crippen LogP contribution in [-0.4, -0.2) is 18.1 Å². The fourth-order valence-corrected chi connectivity index (χ4v) is 3.18. The van der Waals surface area contributed by atoms with E-state index in [0.29, 0.717) is 5.92 Å². The van der Waals surface area contributed by atoms with Gasteiger partial charge < -0.3 is 9.84 Å². The van der Waals surface area contributed by atoms with E-state index in [2.05, 4.69) is 72.9 Å². The van der Waals surface area contributed by atoms with Crippen LogP contribution in [0.3, 0.4) is 0 Å². The first kappa shape index (κ1) is 16.0. The minimum absolute atomic E-state index is 0.257. The van der Waals surface area contributed by atoms with Crippen LogP contribution in [-0.2, 0) is 0 Å². The lowest BCUT2D eigenvalue weighted by atomic mass is 9.92. The Morgan fingerprint density at radius 3 is 2.52 bits per heavy atom. The van der Waals surface area contributed by atoms with Crippen LogP contribution in [0.2, 0.25) is 0 Å². The highest BCUT2D eigenvalue weighted by Crippen LogP contribution is 2.33. The summed E-state index contributed by atoms with van der Waals surface area (Å²) < 4.78 is 5.96. The number of halogens is 1. The molecule has 0 radical (unpaired) electrons. The Hall–Kier alpha value is -1.37. The molecule has 112 valence electrons. The highest BCUT2D eigenvalue weighted by atomic mass is 127. The predicted molar refractivity (Wildman–Crippen MR) is 91.6 cm³/mol. The zero-order valence-electron chi connectivity index (χ0n) is 12.9. The average molecular weight is 398 g/mol. The molecule has 1 amide bonds. The third-order valence-corrected chi connectivity index (χ3v) is 4.56. The first-order valence-electron chi connectivity index (χ1n) is 6.85. The number of aryl methyl sites for hydroxylation is 2. The van der Waals surface area contributed by atoms with Crippen molar-refractivity contribution in [2.45, 2.75) is 33.6 Å². The molecule has 2 aromatic rings. The van der Waals surface area contributed by atoms with Gasteiger partial charge in [-0.3, -0.25) is 4.79 Å². The Morgan fingerprint density at radius 1 is 1.29 bits per heavy atom. The number of carbonyl (C=O) groups is 1. The van der Waals surface area contributed by atoms with Crippen molar-refractivity contribution in [2.75, 3.05) is 7.05 Å². The second-order valence-electron chi connectivity index (χ2n) is 5.43. The van der Waals surface area contributed by atoms with E-state index < -0.39 is 0 Å². The van der Waals surface area contributed by atoms with Gasteiger partial charge in [0.25, 0.3) is 5.91 Å². The molecule has 0 fully saturated rings. The highest BCUT2D eigenvalue weighted by Gasteiger charge is 2.22. The number of aromatic nitrogens is 1. The molecule has 1 heterocycles. The summed E-state index contributed by atoms with van der Waals surface area (Å²) in [4.78, 5) is 11.7. The van der Waals surface area contributed by atoms with E-state index in [0.717, 1.165) is 20.4 Å². The van der Waals surface area contributed by atoms with Gasteiger partial charge in [-0.15, -0.1) is 0 Å². The summed E-state index contributed by atoms with van der Waals surface area (Å²) in [6, 6.07) is 4.32. The summed E-state index contributed by atoms with van der Waals surface area (Å²) in [5.41, 5.74) is 5.44. The van der Waals surface area contributed by atoms with Crippen LogP contribution in [0.1, 0.15) is 47.0 Å². The molecule has 1 aromatic carbocycles. The minimum Gasteiger partial charge on any atom is -0.352 e. The third-order valence-electron chi connectivity index (χ3n) is 3.56. The Kier molecular flexibility index (Phi) is 4.70. The van der Waals surface area contributed by atoms with Crippen LogP contribution >= 0.6 is 22.6 Å². The summed E-state index contributed by atoms with van der Waals surface area (Å²) in [6.07, 6.45) is 0. The van der Waals surface area contributed by atoms with Gasteiger partial charge in [0.15, 0.2) is 0 Å². The minimum atomic E-state index is -0.257. The van der Waals surface area contributed by atoms with E-state index in [1.165, 1.54) is 11.1 Å². The maximum Gasteiger partial charge on any atom is 0.290 e. The van der Waals surface area contributed by atoms with E-state index >= 15 is 0 Å². The van der Waals surface area contributed by atoms with Crippen molar-refractivity contribution in [1.82, 2.24) is 10.5 Å². The molecule has 0 aliphatic carbocycles. The standard InChI is InChI=1S/C16H19IN2O2/c1-8(2)11-7-12(10(4)6-9(11)3)14-13(17)15(21-19-14)16(20)18-5/h6-8H,1-5H3,(H,18,20). The Morgan fingerprint density at radius 2 is 1.95 bits per heavy atom. The van der Waals surface area contributed by atoms with E-state index in [-0.39, 0.29) is 11.7 Å². The summed E-state index contributed by atoms with van der Waals surface area (Å²) in [5, 5.41) is 6.67. The number of nitrogens with one attached hydrogen (secondary N) is 1. The lowest BCUT2D eigenvalue weighted by molar-refractivity contribution is 0.0925. The lowest BCUT2D eigenvalue weighted by Gasteiger charge is -2.13. The molecule has 0 atom stereocenters. The summed E-state index contributed by atoms with van der Waals surface area (Å²) in [6.45, 7) is 8.52. The van der Waals surface area contributed by atoms with Crippen LogP contribution in [0.25, 0.3) is 11.3 Å². The van der Waals surface area contributed by atoms with Gasteiger partial charge in [-0.2, -0.15) is 0 Å². The molecule has 0 spiro atoms. The lowest BCUT2D eigenvalue weighted by Crippen LogP contribution is -2.18. The third kappa shape index (κ3) is 2.97. The van der Waals surface area contributed by atoms with E-state index in [9.17, 15) is 4.79 Å². The van der Waals surface area contributed by atoms with Gasteiger partial charge in [-0.25, -0.2) is 0 Å². The molecule has 1 aromatic heterocycles. The van der Waals surface area contributed by atoms with Gasteiger partial charge in [0.1, 0.15) is 5.69 Å². The summed E-state index contributed by atoms with van der Waals surface area (Å²) in [5.74, 6) is 0.443. The molecule has 1 N–H and O–H groups in total. The van der Waals surface area contributed by atoms with Gasteiger partial charge >= 0.3 is 0 Å². The van der Waals surface area contributed by atoms with E-state index in [4.69, 9.17) is 4.52 Å². The van der Waals surface area contributed by atoms with E-state index in [1.54, 1.807) is 7.05 Å². The molecular formula is C16H19IN2O2. The SMILES string of the molecule is CNC(=O)c1onc(-c2cc(C(C)C)c(C)cc2C)c1I. The van der Waals surface area contributed by atoms with Gasteiger partial charge in [-0.1, -0.05) is 25.1 Å². The zero-order chi connectivity index (χ0) is 15.7. The molecule has 2 rings (SSSR count). The van der Waals surface area contributed by atoms with Crippen molar-refractivity contribution < 1.29 is 9.32 Å². The number of rotatable bonds is 3. The second-order valence-corrected chi connectivity index (χ2v) is 6.51. The van der Waals surface area contributed by atoms with Gasteiger partial charge in [-0.05, 0) is 65.1 Å². The number of carbonyl (C=O) groups excluding carboxylic acids is 1. The molecule has 0 aliphatic heterocycles. The molecule has 21 heavy (non-hydrogen) atoms. The maximum atomic E-state index is 11.7. The van der Waals surface area contributed by atoms with Crippen molar-refractivity contribution in [1.29, 1.82) is 0 Å². The average Bonchev–Trinajstić information content (AvgIpc) is 2.79. The fraction of sp³-hybridized carbons (Fsp3) is 0.375. The molecule has 0 aliphatic rings. The first-order valence-corrected chi connectivity index (χ1v) is 7.93. The molecule has 5 heteroatoms. The Balaban J connectivity index is 2.60. The Bertz CT molecular complexity index is 690. The summed E-state index contributed by atoms with van der Waals surface area (Å²) in [7, 11) is 1.58. The van der Waals surface area contributed by atoms with Crippen molar-refractivity contribution in [3.63, 3.8) is 0 Å². The van der Waals surface area contributed by atoms with Gasteiger partial charge in [0.05, 0.1) is 3.57 Å². The van der Waals surface area contributed by atoms with Crippen molar-refractivity contribution in [2.24, 2.45) is 0 Å². The zero-order valence-corrected chi connectivity index (χ0v) is 15.0. The predicted octanol–water partition coefficient (Wildman–Crippen LogP) is 4.05. The van der Waals surface area contributed by atoms with Crippen LogP contribution in [0.5, 0.6) is 0 Å². The fourth-order valence-electron chi connectivity index (χ4n) is 2.45. The second kappa shape index (κ2) is 6.17. The molecule has 4 nitrogen and oxygen atoms in total. The maximum absolute atomic E-state index is 11.7. The quantitative estimate of drug-likeness (QED) is 0.794.